The van der Waals surface area contributed by atoms with E-state index in [1.165, 1.54) is 30.3 Å². The van der Waals surface area contributed by atoms with Gasteiger partial charge in [0.15, 0.2) is 5.75 Å². The van der Waals surface area contributed by atoms with Crippen molar-refractivity contribution in [3.05, 3.63) is 74.9 Å². The summed E-state index contributed by atoms with van der Waals surface area (Å²) in [6.07, 6.45) is 0. The largest absolute Gasteiger partial charge is 0.453 e. The Morgan fingerprint density at radius 1 is 0.944 bits per heavy atom. The quantitative estimate of drug-likeness (QED) is 0.614. The summed E-state index contributed by atoms with van der Waals surface area (Å²) in [6, 6.07) is 13.5. The average molecular weight is 243 g/mol. The maximum Gasteiger partial charge on any atom is 0.269 e. The van der Waals surface area contributed by atoms with Gasteiger partial charge in [-0.2, -0.15) is 0 Å². The first-order valence-corrected chi connectivity index (χ1v) is 5.18. The minimum absolute atomic E-state index is 0.0247. The molecule has 0 bridgehead atoms. The number of ether oxygens (including phenoxy) is 1. The minimum atomic E-state index is -0.495. The highest BCUT2D eigenvalue weighted by molar-refractivity contribution is 5.38. The van der Waals surface area contributed by atoms with Crippen molar-refractivity contribution in [2.45, 2.75) is 0 Å². The Kier molecular flexibility index (Phi) is 3.33. The summed E-state index contributed by atoms with van der Waals surface area (Å²) in [5.74, 6) is 0.553. The molecular weight excluding hydrogens is 234 g/mol. The number of benzene rings is 1. The number of nitro benzene ring substituents is 1. The van der Waals surface area contributed by atoms with Crippen molar-refractivity contribution in [1.82, 2.24) is 0 Å². The van der Waals surface area contributed by atoms with E-state index in [1.807, 2.05) is 0 Å². The molecule has 0 unspecified atom stereocenters. The van der Waals surface area contributed by atoms with Crippen LogP contribution in [-0.2, 0) is 0 Å². The van der Waals surface area contributed by atoms with Gasteiger partial charge in [0.1, 0.15) is 5.75 Å². The predicted octanol–water partition coefficient (Wildman–Crippen LogP) is 2.75. The van der Waals surface area contributed by atoms with Crippen molar-refractivity contribution in [3.8, 4) is 11.5 Å². The molecule has 0 aliphatic rings. The van der Waals surface area contributed by atoms with Crippen LogP contribution < -0.4 is 10.2 Å². The molecule has 5 nitrogen and oxygen atoms in total. The van der Waals surface area contributed by atoms with E-state index in [0.29, 0.717) is 5.75 Å². The Bertz CT molecular complexity index is 622. The van der Waals surface area contributed by atoms with E-state index in [9.17, 15) is 14.9 Å². The van der Waals surface area contributed by atoms with E-state index in [-0.39, 0.29) is 16.9 Å². The predicted molar refractivity (Wildman–Crippen MR) is 65.9 cm³/mol. The summed E-state index contributed by atoms with van der Waals surface area (Å²) in [4.78, 5) is 21.6. The number of rotatable bonds is 3. The summed E-state index contributed by atoms with van der Waals surface area (Å²) in [7, 11) is 0. The highest BCUT2D eigenvalue weighted by Crippen LogP contribution is 2.21. The summed E-state index contributed by atoms with van der Waals surface area (Å²) in [6.45, 7) is 0. The standard InChI is InChI=1S/C13H9NO4/c15-12-4-2-1-3-5-13(12)18-11-8-6-10(7-9-11)14(16)17/h1-9H. The molecule has 0 N–H and O–H groups in total. The van der Waals surface area contributed by atoms with Crippen LogP contribution in [0.2, 0.25) is 0 Å². The third-order valence-corrected chi connectivity index (χ3v) is 2.24. The van der Waals surface area contributed by atoms with Gasteiger partial charge in [-0.15, -0.1) is 0 Å². The lowest BCUT2D eigenvalue weighted by molar-refractivity contribution is -0.384. The van der Waals surface area contributed by atoms with Crippen molar-refractivity contribution in [3.63, 3.8) is 0 Å². The Hall–Kier alpha value is -2.69. The van der Waals surface area contributed by atoms with E-state index in [4.69, 9.17) is 4.74 Å². The van der Waals surface area contributed by atoms with Crippen molar-refractivity contribution >= 4 is 5.69 Å². The Labute approximate surface area is 102 Å². The number of hydrogen-bond acceptors (Lipinski definition) is 4. The molecule has 0 amide bonds. The lowest BCUT2D eigenvalue weighted by atomic mass is 10.3. The van der Waals surface area contributed by atoms with E-state index in [1.54, 1.807) is 24.3 Å². The van der Waals surface area contributed by atoms with Crippen LogP contribution in [0, 0.1) is 10.1 Å². The zero-order valence-electron chi connectivity index (χ0n) is 9.28. The summed E-state index contributed by atoms with van der Waals surface area (Å²) in [5.41, 5.74) is -0.276. The second kappa shape index (κ2) is 5.09. The fourth-order valence-electron chi connectivity index (χ4n) is 1.36. The Morgan fingerprint density at radius 2 is 1.61 bits per heavy atom. The second-order valence-electron chi connectivity index (χ2n) is 3.49. The zero-order valence-corrected chi connectivity index (χ0v) is 9.28. The van der Waals surface area contributed by atoms with Crippen molar-refractivity contribution in [2.24, 2.45) is 0 Å². The van der Waals surface area contributed by atoms with Gasteiger partial charge in [-0.1, -0.05) is 18.2 Å². The summed E-state index contributed by atoms with van der Waals surface area (Å²) < 4.78 is 5.37. The van der Waals surface area contributed by atoms with Gasteiger partial charge in [-0.25, -0.2) is 0 Å². The third-order valence-electron chi connectivity index (χ3n) is 2.24. The van der Waals surface area contributed by atoms with Crippen LogP contribution in [0.25, 0.3) is 0 Å². The molecule has 0 aliphatic heterocycles. The smallest absolute Gasteiger partial charge is 0.269 e. The molecule has 0 aromatic heterocycles. The molecule has 90 valence electrons. The van der Waals surface area contributed by atoms with Crippen LogP contribution in [0.5, 0.6) is 11.5 Å². The fourth-order valence-corrected chi connectivity index (χ4v) is 1.36. The number of nitro groups is 1. The molecule has 0 spiro atoms. The molecule has 18 heavy (non-hydrogen) atoms. The molecule has 0 fully saturated rings. The van der Waals surface area contributed by atoms with Crippen LogP contribution in [0.4, 0.5) is 5.69 Å². The molecule has 2 aromatic rings. The van der Waals surface area contributed by atoms with Gasteiger partial charge >= 0.3 is 0 Å². The van der Waals surface area contributed by atoms with Gasteiger partial charge in [0.25, 0.3) is 5.69 Å². The van der Waals surface area contributed by atoms with Gasteiger partial charge in [0.2, 0.25) is 5.43 Å². The first kappa shape index (κ1) is 11.8. The maximum absolute atomic E-state index is 11.6. The van der Waals surface area contributed by atoms with Gasteiger partial charge in [0, 0.05) is 12.1 Å². The molecule has 2 aromatic carbocycles. The topological polar surface area (TPSA) is 69.4 Å². The molecule has 0 heterocycles. The molecule has 5 heteroatoms. The monoisotopic (exact) mass is 243 g/mol. The molecule has 0 saturated carbocycles. The minimum Gasteiger partial charge on any atom is -0.453 e. The van der Waals surface area contributed by atoms with Crippen LogP contribution in [0.15, 0.2) is 59.4 Å². The molecular formula is C13H9NO4. The molecule has 0 saturated heterocycles. The number of nitrogens with zero attached hydrogens (tertiary/aromatic N) is 1. The Morgan fingerprint density at radius 3 is 2.28 bits per heavy atom. The fraction of sp³-hybridized carbons (Fsp3) is 0. The van der Waals surface area contributed by atoms with Crippen molar-refractivity contribution < 1.29 is 9.66 Å². The number of non-ortho nitro benzene ring substituents is 1. The SMILES string of the molecule is O=c1cccccc1Oc1ccc([N+](=O)[O-])cc1. The van der Waals surface area contributed by atoms with Crippen LogP contribution >= 0.6 is 0 Å². The van der Waals surface area contributed by atoms with E-state index in [0.717, 1.165) is 0 Å². The second-order valence-corrected chi connectivity index (χ2v) is 3.49. The highest BCUT2D eigenvalue weighted by Gasteiger charge is 2.05. The lowest BCUT2D eigenvalue weighted by Gasteiger charge is -2.02. The van der Waals surface area contributed by atoms with E-state index < -0.39 is 4.92 Å². The lowest BCUT2D eigenvalue weighted by Crippen LogP contribution is -1.99. The van der Waals surface area contributed by atoms with Crippen molar-refractivity contribution in [2.75, 3.05) is 0 Å². The summed E-state index contributed by atoms with van der Waals surface area (Å²) in [5, 5.41) is 10.5. The molecule has 2 rings (SSSR count). The van der Waals surface area contributed by atoms with E-state index in [2.05, 4.69) is 0 Å². The van der Waals surface area contributed by atoms with Crippen LogP contribution in [0.3, 0.4) is 0 Å². The van der Waals surface area contributed by atoms with Crippen molar-refractivity contribution in [1.29, 1.82) is 0 Å². The van der Waals surface area contributed by atoms with Crippen LogP contribution in [-0.4, -0.2) is 4.92 Å². The van der Waals surface area contributed by atoms with E-state index >= 15 is 0 Å². The van der Waals surface area contributed by atoms with Crippen LogP contribution in [0.1, 0.15) is 0 Å². The molecule has 0 atom stereocenters. The summed E-state index contributed by atoms with van der Waals surface area (Å²) >= 11 is 0. The molecule has 0 radical (unpaired) electrons. The van der Waals surface area contributed by atoms with Gasteiger partial charge in [-0.3, -0.25) is 14.9 Å². The van der Waals surface area contributed by atoms with Gasteiger partial charge in [0.05, 0.1) is 4.92 Å². The Balaban J connectivity index is 2.27. The van der Waals surface area contributed by atoms with Gasteiger partial charge in [-0.05, 0) is 24.3 Å². The zero-order chi connectivity index (χ0) is 13.0. The average Bonchev–Trinajstić information content (AvgIpc) is 2.56. The number of hydrogen-bond donors (Lipinski definition) is 0. The first-order valence-electron chi connectivity index (χ1n) is 5.18. The first-order chi connectivity index (χ1) is 8.66. The normalized spacial score (nSPS) is 9.78. The third kappa shape index (κ3) is 2.70. The van der Waals surface area contributed by atoms with Gasteiger partial charge < -0.3 is 4.74 Å². The maximum atomic E-state index is 11.6. The molecule has 0 aliphatic carbocycles. The highest BCUT2D eigenvalue weighted by atomic mass is 16.6.